The lowest BCUT2D eigenvalue weighted by Gasteiger charge is -2.34. The zero-order valence-electron chi connectivity index (χ0n) is 22.8. The third-order valence-corrected chi connectivity index (χ3v) is 8.13. The number of nitrogens with one attached hydrogen (secondary N) is 1. The fourth-order valence-electron chi connectivity index (χ4n) is 4.75. The highest BCUT2D eigenvalue weighted by atomic mass is 79.9. The highest BCUT2D eigenvalue weighted by Gasteiger charge is 2.26. The van der Waals surface area contributed by atoms with Crippen LogP contribution in [-0.4, -0.2) is 65.9 Å². The predicted octanol–water partition coefficient (Wildman–Crippen LogP) is 4.91. The topological polar surface area (TPSA) is 103 Å². The number of hydrogen-bond donors (Lipinski definition) is 1. The second-order valence-electron chi connectivity index (χ2n) is 9.45. The fraction of sp³-hybridized carbons (Fsp3) is 0.357. The van der Waals surface area contributed by atoms with Crippen molar-refractivity contribution in [2.45, 2.75) is 36.7 Å². The first kappa shape index (κ1) is 28.0. The molecule has 4 aromatic rings. The minimum atomic E-state index is -0.199. The van der Waals surface area contributed by atoms with E-state index in [1.165, 1.54) is 26.9 Å². The number of thioether (sulfide) groups is 1. The fourth-order valence-corrected chi connectivity index (χ4v) is 5.79. The molecule has 0 aliphatic carbocycles. The van der Waals surface area contributed by atoms with Gasteiger partial charge < -0.3 is 24.4 Å². The van der Waals surface area contributed by atoms with E-state index in [0.717, 1.165) is 41.1 Å². The molecule has 1 aliphatic heterocycles. The largest absolute Gasteiger partial charge is 0.493 e. The van der Waals surface area contributed by atoms with Crippen molar-refractivity contribution < 1.29 is 19.0 Å². The molecule has 1 saturated heterocycles. The predicted molar refractivity (Wildman–Crippen MR) is 158 cm³/mol. The Morgan fingerprint density at radius 1 is 1.07 bits per heavy atom. The van der Waals surface area contributed by atoms with Crippen molar-refractivity contribution in [3.8, 4) is 17.2 Å². The van der Waals surface area contributed by atoms with Crippen LogP contribution in [0, 0.1) is 6.92 Å². The van der Waals surface area contributed by atoms with E-state index in [1.54, 1.807) is 28.4 Å². The molecule has 1 fully saturated rings. The van der Waals surface area contributed by atoms with E-state index in [-0.39, 0.29) is 11.9 Å². The summed E-state index contributed by atoms with van der Waals surface area (Å²) in [4.78, 5) is 24.8. The number of nitrogens with zero attached hydrogens (tertiary/aromatic N) is 5. The molecule has 2 aromatic carbocycles. The third-order valence-electron chi connectivity index (χ3n) is 6.69. The van der Waals surface area contributed by atoms with Crippen LogP contribution in [0.3, 0.4) is 0 Å². The van der Waals surface area contributed by atoms with Gasteiger partial charge in [-0.15, -0.1) is 5.10 Å². The van der Waals surface area contributed by atoms with Crippen LogP contribution in [-0.2, 0) is 5.75 Å². The van der Waals surface area contributed by atoms with Crippen molar-refractivity contribution >= 4 is 45.2 Å². The third kappa shape index (κ3) is 6.12. The van der Waals surface area contributed by atoms with E-state index in [1.807, 2.05) is 25.1 Å². The second-order valence-corrected chi connectivity index (χ2v) is 11.3. The molecule has 0 saturated carbocycles. The molecule has 1 amide bonds. The molecule has 3 heterocycles. The number of halogens is 1. The average Bonchev–Trinajstić information content (AvgIpc) is 3.38. The highest BCUT2D eigenvalue weighted by Crippen LogP contribution is 2.38. The first-order valence-corrected chi connectivity index (χ1v) is 14.6. The number of anilines is 1. The van der Waals surface area contributed by atoms with Gasteiger partial charge in [0.25, 0.3) is 11.7 Å². The number of ether oxygens (including phenoxy) is 3. The zero-order valence-corrected chi connectivity index (χ0v) is 25.2. The first-order chi connectivity index (χ1) is 19.4. The molecule has 1 N–H and O–H groups in total. The summed E-state index contributed by atoms with van der Waals surface area (Å²) in [5, 5.41) is 8.63. The Hall–Kier alpha value is -3.51. The number of benzene rings is 2. The molecule has 0 bridgehead atoms. The number of amides is 1. The number of piperidine rings is 1. The van der Waals surface area contributed by atoms with Crippen LogP contribution >= 0.6 is 27.7 Å². The Morgan fingerprint density at radius 3 is 2.48 bits per heavy atom. The number of fused-ring (bicyclic) bond motifs is 1. The first-order valence-electron chi connectivity index (χ1n) is 12.9. The number of methoxy groups -OCH3 is 3. The van der Waals surface area contributed by atoms with Gasteiger partial charge in [-0.05, 0) is 49.6 Å². The van der Waals surface area contributed by atoms with Crippen LogP contribution in [0.1, 0.15) is 34.5 Å². The van der Waals surface area contributed by atoms with E-state index in [0.29, 0.717) is 40.3 Å². The summed E-state index contributed by atoms with van der Waals surface area (Å²) < 4.78 is 19.1. The quantitative estimate of drug-likeness (QED) is 0.259. The van der Waals surface area contributed by atoms with Gasteiger partial charge in [0.1, 0.15) is 5.82 Å². The van der Waals surface area contributed by atoms with Gasteiger partial charge in [0.2, 0.25) is 10.9 Å². The van der Waals surface area contributed by atoms with E-state index in [4.69, 9.17) is 19.3 Å². The Kier molecular flexibility index (Phi) is 8.65. The number of aryl methyl sites for hydroxylation is 1. The molecule has 210 valence electrons. The molecule has 1 unspecified atom stereocenters. The van der Waals surface area contributed by atoms with Crippen LogP contribution in [0.25, 0.3) is 5.78 Å². The smallest absolute Gasteiger partial charge is 0.255 e. The van der Waals surface area contributed by atoms with Gasteiger partial charge in [-0.2, -0.15) is 9.50 Å². The number of hydrogen-bond acceptors (Lipinski definition) is 9. The lowest BCUT2D eigenvalue weighted by molar-refractivity contribution is 0.0932. The highest BCUT2D eigenvalue weighted by molar-refractivity contribution is 9.10. The molecule has 0 spiro atoms. The molecule has 40 heavy (non-hydrogen) atoms. The minimum Gasteiger partial charge on any atom is -0.493 e. The molecule has 2 aromatic heterocycles. The van der Waals surface area contributed by atoms with Gasteiger partial charge in [-0.25, -0.2) is 4.98 Å². The molecule has 0 radical (unpaired) electrons. The van der Waals surface area contributed by atoms with E-state index < -0.39 is 0 Å². The van der Waals surface area contributed by atoms with Crippen molar-refractivity contribution in [3.63, 3.8) is 0 Å². The minimum absolute atomic E-state index is 0.0568. The number of aromatic nitrogens is 4. The average molecular weight is 628 g/mol. The van der Waals surface area contributed by atoms with Crippen molar-refractivity contribution in [2.75, 3.05) is 39.3 Å². The van der Waals surface area contributed by atoms with Gasteiger partial charge in [-0.1, -0.05) is 39.8 Å². The van der Waals surface area contributed by atoms with Gasteiger partial charge in [0.15, 0.2) is 11.5 Å². The van der Waals surface area contributed by atoms with Crippen LogP contribution in [0.2, 0.25) is 0 Å². The normalized spacial score (nSPS) is 15.2. The van der Waals surface area contributed by atoms with Crippen molar-refractivity contribution in [2.24, 2.45) is 0 Å². The summed E-state index contributed by atoms with van der Waals surface area (Å²) in [6.45, 7) is 3.44. The lowest BCUT2D eigenvalue weighted by Crippen LogP contribution is -2.48. The van der Waals surface area contributed by atoms with Crippen molar-refractivity contribution in [1.29, 1.82) is 0 Å². The molecule has 1 aliphatic rings. The van der Waals surface area contributed by atoms with Crippen molar-refractivity contribution in [3.05, 3.63) is 63.8 Å². The van der Waals surface area contributed by atoms with Gasteiger partial charge in [0.05, 0.1) is 21.3 Å². The van der Waals surface area contributed by atoms with Crippen LogP contribution in [0.5, 0.6) is 17.2 Å². The molecule has 1 atom stereocenters. The zero-order chi connectivity index (χ0) is 28.2. The Balaban J connectivity index is 1.32. The summed E-state index contributed by atoms with van der Waals surface area (Å²) in [7, 11) is 4.60. The van der Waals surface area contributed by atoms with E-state index in [9.17, 15) is 4.79 Å². The maximum atomic E-state index is 13.2. The van der Waals surface area contributed by atoms with Gasteiger partial charge in [-0.3, -0.25) is 4.79 Å². The van der Waals surface area contributed by atoms with Crippen LogP contribution in [0.4, 0.5) is 5.82 Å². The van der Waals surface area contributed by atoms with E-state index in [2.05, 4.69) is 48.2 Å². The molecule has 12 heteroatoms. The molecule has 10 nitrogen and oxygen atoms in total. The number of carbonyl (C=O) groups excluding carboxylic acids is 1. The summed E-state index contributed by atoms with van der Waals surface area (Å²) in [6.07, 6.45) is 1.79. The molecule has 5 rings (SSSR count). The maximum absolute atomic E-state index is 13.2. The standard InChI is InChI=1S/C28H31BrN6O4S/c1-17-12-24(35-27(30-17)32-28(33-35)40-16-18-7-9-20(29)10-8-18)34-11-5-6-21(15-34)31-26(36)19-13-22(37-2)25(39-4)23(14-19)38-3/h7-10,12-14,21H,5-6,11,15-16H2,1-4H3,(H,31,36). The summed E-state index contributed by atoms with van der Waals surface area (Å²) in [6, 6.07) is 13.5. The van der Waals surface area contributed by atoms with Crippen LogP contribution < -0.4 is 24.4 Å². The van der Waals surface area contributed by atoms with Gasteiger partial charge in [0, 0.05) is 46.7 Å². The van der Waals surface area contributed by atoms with E-state index >= 15 is 0 Å². The lowest BCUT2D eigenvalue weighted by atomic mass is 10.0. The Labute approximate surface area is 245 Å². The molecular formula is C28H31BrN6O4S. The second kappa shape index (κ2) is 12.3. The monoisotopic (exact) mass is 626 g/mol. The Bertz CT molecular complexity index is 1490. The molecular weight excluding hydrogens is 596 g/mol. The number of carbonyl (C=O) groups is 1. The maximum Gasteiger partial charge on any atom is 0.255 e. The summed E-state index contributed by atoms with van der Waals surface area (Å²) >= 11 is 5.06. The summed E-state index contributed by atoms with van der Waals surface area (Å²) in [5.41, 5.74) is 2.50. The number of rotatable bonds is 9. The SMILES string of the molecule is COc1cc(C(=O)NC2CCCN(c3cc(C)nc4nc(SCc5ccc(Br)cc5)nn34)C2)cc(OC)c1OC. The van der Waals surface area contributed by atoms with Crippen molar-refractivity contribution in [1.82, 2.24) is 24.9 Å². The van der Waals surface area contributed by atoms with Crippen LogP contribution in [0.15, 0.2) is 52.1 Å². The Morgan fingerprint density at radius 2 is 1.80 bits per heavy atom. The van der Waals surface area contributed by atoms with Gasteiger partial charge >= 0.3 is 0 Å². The summed E-state index contributed by atoms with van der Waals surface area (Å²) in [5.74, 6) is 3.36.